The molecule has 1 aliphatic rings. The third kappa shape index (κ3) is 2.81. The zero-order valence-corrected chi connectivity index (χ0v) is 16.1. The summed E-state index contributed by atoms with van der Waals surface area (Å²) in [6, 6.07) is 3.71. The van der Waals surface area contributed by atoms with E-state index < -0.39 is 0 Å². The zero-order chi connectivity index (χ0) is 18.4. The fourth-order valence-corrected chi connectivity index (χ4v) is 4.56. The number of carbonyl (C=O) groups is 1. The summed E-state index contributed by atoms with van der Waals surface area (Å²) in [5, 5.41) is 0.961. The van der Waals surface area contributed by atoms with Crippen molar-refractivity contribution in [3.8, 4) is 11.6 Å². The standard InChI is InChI=1S/C19H21N3O3S/c1-10-9-25-11(2)8-22(10)19(23)16-12(3)15-13(4)20-17(21-18(15)26-16)14-6-5-7-24-14/h5-7,10-11H,8-9H2,1-4H3/t10-,11-/m1/s1. The second kappa shape index (κ2) is 6.48. The van der Waals surface area contributed by atoms with Gasteiger partial charge >= 0.3 is 0 Å². The lowest BCUT2D eigenvalue weighted by molar-refractivity contribution is -0.0385. The van der Waals surface area contributed by atoms with E-state index in [4.69, 9.17) is 9.15 Å². The number of morpholine rings is 1. The number of aromatic nitrogens is 2. The van der Waals surface area contributed by atoms with Gasteiger partial charge in [-0.25, -0.2) is 9.97 Å². The van der Waals surface area contributed by atoms with Crippen LogP contribution in [0.4, 0.5) is 0 Å². The molecule has 0 spiro atoms. The Morgan fingerprint density at radius 2 is 2.12 bits per heavy atom. The minimum absolute atomic E-state index is 0.0482. The van der Waals surface area contributed by atoms with Crippen LogP contribution in [-0.4, -0.2) is 46.1 Å². The third-order valence-corrected chi connectivity index (χ3v) is 5.95. The lowest BCUT2D eigenvalue weighted by Crippen LogP contribution is -2.50. The van der Waals surface area contributed by atoms with Crippen LogP contribution >= 0.6 is 11.3 Å². The van der Waals surface area contributed by atoms with Gasteiger partial charge in [0, 0.05) is 11.9 Å². The number of amides is 1. The summed E-state index contributed by atoms with van der Waals surface area (Å²) in [4.78, 5) is 25.9. The maximum atomic E-state index is 13.2. The molecule has 6 nitrogen and oxygen atoms in total. The van der Waals surface area contributed by atoms with Crippen LogP contribution in [0, 0.1) is 13.8 Å². The number of carbonyl (C=O) groups excluding carboxylic acids is 1. The number of thiophene rings is 1. The molecule has 4 heterocycles. The van der Waals surface area contributed by atoms with Crippen LogP contribution in [0.25, 0.3) is 21.8 Å². The van der Waals surface area contributed by atoms with Gasteiger partial charge in [-0.3, -0.25) is 4.79 Å². The SMILES string of the molecule is Cc1nc(-c2ccco2)nc2sc(C(=O)N3C[C@@H](C)OC[C@H]3C)c(C)c12. The summed E-state index contributed by atoms with van der Waals surface area (Å²) in [6.45, 7) is 9.11. The van der Waals surface area contributed by atoms with Crippen LogP contribution < -0.4 is 0 Å². The van der Waals surface area contributed by atoms with Crippen molar-refractivity contribution >= 4 is 27.5 Å². The molecule has 1 aliphatic heterocycles. The first-order chi connectivity index (χ1) is 12.5. The lowest BCUT2D eigenvalue weighted by Gasteiger charge is -2.36. The molecule has 0 aromatic carbocycles. The van der Waals surface area contributed by atoms with E-state index in [1.54, 1.807) is 6.26 Å². The highest BCUT2D eigenvalue weighted by Crippen LogP contribution is 2.34. The second-order valence-electron chi connectivity index (χ2n) is 6.80. The Labute approximate surface area is 155 Å². The molecule has 1 fully saturated rings. The third-order valence-electron chi connectivity index (χ3n) is 4.78. The number of hydrogen-bond donors (Lipinski definition) is 0. The van der Waals surface area contributed by atoms with Gasteiger partial charge < -0.3 is 14.1 Å². The van der Waals surface area contributed by atoms with Crippen molar-refractivity contribution in [2.75, 3.05) is 13.2 Å². The van der Waals surface area contributed by atoms with Crippen molar-refractivity contribution in [3.63, 3.8) is 0 Å². The van der Waals surface area contributed by atoms with Crippen molar-refractivity contribution in [1.29, 1.82) is 0 Å². The molecule has 0 saturated carbocycles. The van der Waals surface area contributed by atoms with E-state index in [2.05, 4.69) is 9.97 Å². The number of hydrogen-bond acceptors (Lipinski definition) is 6. The van der Waals surface area contributed by atoms with Crippen LogP contribution in [0.1, 0.15) is 34.8 Å². The molecular formula is C19H21N3O3S. The van der Waals surface area contributed by atoms with Crippen LogP contribution in [0.3, 0.4) is 0 Å². The maximum Gasteiger partial charge on any atom is 0.264 e. The molecule has 2 atom stereocenters. The molecule has 136 valence electrons. The van der Waals surface area contributed by atoms with Gasteiger partial charge in [0.2, 0.25) is 0 Å². The Hall–Kier alpha value is -2.25. The molecule has 0 N–H and O–H groups in total. The number of nitrogens with zero attached hydrogens (tertiary/aromatic N) is 3. The van der Waals surface area contributed by atoms with E-state index in [0.717, 1.165) is 26.4 Å². The van der Waals surface area contributed by atoms with Gasteiger partial charge in [0.05, 0.1) is 35.6 Å². The highest BCUT2D eigenvalue weighted by atomic mass is 32.1. The summed E-state index contributed by atoms with van der Waals surface area (Å²) in [6.07, 6.45) is 1.66. The maximum absolute atomic E-state index is 13.2. The van der Waals surface area contributed by atoms with Gasteiger partial charge in [-0.1, -0.05) is 0 Å². The molecule has 1 saturated heterocycles. The topological polar surface area (TPSA) is 68.5 Å². The first-order valence-corrected chi connectivity index (χ1v) is 9.51. The number of furan rings is 1. The molecule has 0 aliphatic carbocycles. The number of rotatable bonds is 2. The van der Waals surface area contributed by atoms with Gasteiger partial charge in [0.15, 0.2) is 11.6 Å². The fourth-order valence-electron chi connectivity index (χ4n) is 3.38. The Morgan fingerprint density at radius 1 is 1.31 bits per heavy atom. The molecule has 0 bridgehead atoms. The van der Waals surface area contributed by atoms with E-state index in [9.17, 15) is 4.79 Å². The van der Waals surface area contributed by atoms with E-state index in [-0.39, 0.29) is 18.1 Å². The molecule has 26 heavy (non-hydrogen) atoms. The fraction of sp³-hybridized carbons (Fsp3) is 0.421. The van der Waals surface area contributed by atoms with E-state index in [0.29, 0.717) is 24.7 Å². The monoisotopic (exact) mass is 371 g/mol. The first kappa shape index (κ1) is 17.2. The normalized spacial score (nSPS) is 20.7. The average Bonchev–Trinajstić information content (AvgIpc) is 3.25. The van der Waals surface area contributed by atoms with Gasteiger partial charge in [-0.15, -0.1) is 11.3 Å². The van der Waals surface area contributed by atoms with Gasteiger partial charge in [0.25, 0.3) is 5.91 Å². The minimum atomic E-state index is 0.0482. The number of aryl methyl sites for hydroxylation is 2. The van der Waals surface area contributed by atoms with Crippen LogP contribution in [0.2, 0.25) is 0 Å². The van der Waals surface area contributed by atoms with E-state index >= 15 is 0 Å². The highest BCUT2D eigenvalue weighted by Gasteiger charge is 2.31. The molecule has 4 rings (SSSR count). The summed E-state index contributed by atoms with van der Waals surface area (Å²) in [7, 11) is 0. The van der Waals surface area contributed by atoms with Crippen LogP contribution in [-0.2, 0) is 4.74 Å². The molecule has 0 unspecified atom stereocenters. The van der Waals surface area contributed by atoms with Crippen molar-refractivity contribution in [2.24, 2.45) is 0 Å². The average molecular weight is 371 g/mol. The lowest BCUT2D eigenvalue weighted by atomic mass is 10.1. The second-order valence-corrected chi connectivity index (χ2v) is 7.80. The summed E-state index contributed by atoms with van der Waals surface area (Å²) in [5.74, 6) is 1.23. The predicted octanol–water partition coefficient (Wildman–Crippen LogP) is 3.82. The van der Waals surface area contributed by atoms with Crippen molar-refractivity contribution in [1.82, 2.24) is 14.9 Å². The molecule has 3 aromatic rings. The highest BCUT2D eigenvalue weighted by molar-refractivity contribution is 7.20. The van der Waals surface area contributed by atoms with Gasteiger partial charge in [-0.05, 0) is 45.4 Å². The molecule has 7 heteroatoms. The largest absolute Gasteiger partial charge is 0.461 e. The first-order valence-electron chi connectivity index (χ1n) is 8.70. The van der Waals surface area contributed by atoms with Crippen LogP contribution in [0.5, 0.6) is 0 Å². The molecule has 3 aromatic heterocycles. The van der Waals surface area contributed by atoms with Gasteiger partial charge in [0.1, 0.15) is 4.83 Å². The predicted molar refractivity (Wildman–Crippen MR) is 101 cm³/mol. The number of ether oxygens (including phenoxy) is 1. The Kier molecular flexibility index (Phi) is 4.28. The van der Waals surface area contributed by atoms with E-state index in [1.807, 2.05) is 44.7 Å². The van der Waals surface area contributed by atoms with Crippen molar-refractivity contribution in [2.45, 2.75) is 39.8 Å². The minimum Gasteiger partial charge on any atom is -0.461 e. The summed E-state index contributed by atoms with van der Waals surface area (Å²) < 4.78 is 11.1. The smallest absolute Gasteiger partial charge is 0.264 e. The molecule has 0 radical (unpaired) electrons. The Bertz CT molecular complexity index is 964. The quantitative estimate of drug-likeness (QED) is 0.685. The molecule has 1 amide bonds. The summed E-state index contributed by atoms with van der Waals surface area (Å²) in [5.41, 5.74) is 1.81. The Morgan fingerprint density at radius 3 is 2.85 bits per heavy atom. The van der Waals surface area contributed by atoms with E-state index in [1.165, 1.54) is 11.3 Å². The molecular weight excluding hydrogens is 350 g/mol. The summed E-state index contributed by atoms with van der Waals surface area (Å²) >= 11 is 1.43. The number of fused-ring (bicyclic) bond motifs is 1. The van der Waals surface area contributed by atoms with Crippen molar-refractivity contribution < 1.29 is 13.9 Å². The van der Waals surface area contributed by atoms with Gasteiger partial charge in [-0.2, -0.15) is 0 Å². The van der Waals surface area contributed by atoms with Crippen LogP contribution in [0.15, 0.2) is 22.8 Å². The Balaban J connectivity index is 1.77. The van der Waals surface area contributed by atoms with Crippen molar-refractivity contribution in [3.05, 3.63) is 34.5 Å². The zero-order valence-electron chi connectivity index (χ0n) is 15.3.